The van der Waals surface area contributed by atoms with Gasteiger partial charge in [-0.05, 0) is 55.3 Å². The Morgan fingerprint density at radius 1 is 1.19 bits per heavy atom. The van der Waals surface area contributed by atoms with Gasteiger partial charge in [0.2, 0.25) is 11.8 Å². The highest BCUT2D eigenvalue weighted by Crippen LogP contribution is 2.31. The molecule has 8 heteroatoms. The summed E-state index contributed by atoms with van der Waals surface area (Å²) in [6.45, 7) is 2.21. The van der Waals surface area contributed by atoms with E-state index < -0.39 is 23.6 Å². The van der Waals surface area contributed by atoms with Crippen LogP contribution in [0.3, 0.4) is 0 Å². The van der Waals surface area contributed by atoms with Crippen LogP contribution in [0, 0.1) is 12.8 Å². The van der Waals surface area contributed by atoms with Gasteiger partial charge in [-0.3, -0.25) is 9.59 Å². The molecule has 0 aromatic heterocycles. The number of benzene rings is 2. The summed E-state index contributed by atoms with van der Waals surface area (Å²) in [5.74, 6) is -1.80. The summed E-state index contributed by atoms with van der Waals surface area (Å²) in [7, 11) is 0. The van der Waals surface area contributed by atoms with Crippen molar-refractivity contribution in [2.75, 3.05) is 16.8 Å². The average molecular weight is 397 g/mol. The van der Waals surface area contributed by atoms with E-state index in [1.54, 1.807) is 18.2 Å². The maximum absolute atomic E-state index is 12.6. The molecular formula is C19H16ClF3N2O2. The number of hydrogen-bond donors (Lipinski definition) is 1. The highest BCUT2D eigenvalue weighted by atomic mass is 35.5. The third kappa shape index (κ3) is 4.08. The van der Waals surface area contributed by atoms with Gasteiger partial charge in [-0.1, -0.05) is 17.7 Å². The Balaban J connectivity index is 1.69. The van der Waals surface area contributed by atoms with E-state index in [1.807, 2.05) is 6.92 Å². The molecule has 1 aliphatic heterocycles. The van der Waals surface area contributed by atoms with Crippen molar-refractivity contribution in [1.29, 1.82) is 0 Å². The van der Waals surface area contributed by atoms with Crippen molar-refractivity contribution in [3.8, 4) is 0 Å². The molecule has 1 fully saturated rings. The lowest BCUT2D eigenvalue weighted by atomic mass is 10.1. The van der Waals surface area contributed by atoms with Crippen molar-refractivity contribution in [3.63, 3.8) is 0 Å². The zero-order chi connectivity index (χ0) is 19.8. The normalized spacial score (nSPS) is 17.3. The lowest BCUT2D eigenvalue weighted by Gasteiger charge is -2.17. The first-order chi connectivity index (χ1) is 12.7. The van der Waals surface area contributed by atoms with E-state index in [4.69, 9.17) is 11.6 Å². The molecule has 1 N–H and O–H groups in total. The number of aryl methyl sites for hydroxylation is 1. The van der Waals surface area contributed by atoms with Crippen LogP contribution in [0.2, 0.25) is 5.02 Å². The van der Waals surface area contributed by atoms with Crippen LogP contribution >= 0.6 is 11.6 Å². The summed E-state index contributed by atoms with van der Waals surface area (Å²) >= 11 is 6.09. The van der Waals surface area contributed by atoms with E-state index in [9.17, 15) is 22.8 Å². The standard InChI is InChI=1S/C19H16ClF3N2O2/c1-11-2-7-14(10-16(11)20)25-9-8-15(18(25)27)17(26)24-13-5-3-12(4-6-13)19(21,22)23/h2-7,10,15H,8-9H2,1H3,(H,24,26)/t15-/m1/s1. The Kier molecular flexibility index (Phi) is 5.15. The van der Waals surface area contributed by atoms with Crippen LogP contribution in [0.1, 0.15) is 17.5 Å². The van der Waals surface area contributed by atoms with Gasteiger partial charge < -0.3 is 10.2 Å². The van der Waals surface area contributed by atoms with E-state index in [2.05, 4.69) is 5.32 Å². The highest BCUT2D eigenvalue weighted by Gasteiger charge is 2.38. The Morgan fingerprint density at radius 3 is 2.44 bits per heavy atom. The van der Waals surface area contributed by atoms with Crippen LogP contribution in [-0.4, -0.2) is 18.4 Å². The maximum Gasteiger partial charge on any atom is 0.416 e. The molecule has 27 heavy (non-hydrogen) atoms. The van der Waals surface area contributed by atoms with Crippen LogP contribution in [0.4, 0.5) is 24.5 Å². The van der Waals surface area contributed by atoms with E-state index >= 15 is 0 Å². The topological polar surface area (TPSA) is 49.4 Å². The van der Waals surface area contributed by atoms with E-state index in [-0.39, 0.29) is 11.6 Å². The second kappa shape index (κ2) is 7.23. The van der Waals surface area contributed by atoms with Gasteiger partial charge in [-0.2, -0.15) is 13.2 Å². The predicted octanol–water partition coefficient (Wildman–Crippen LogP) is 4.66. The second-order valence-corrected chi connectivity index (χ2v) is 6.74. The van der Waals surface area contributed by atoms with E-state index in [0.717, 1.165) is 29.8 Å². The molecule has 142 valence electrons. The number of amides is 2. The molecule has 1 saturated heterocycles. The molecule has 2 aromatic rings. The fraction of sp³-hybridized carbons (Fsp3) is 0.263. The van der Waals surface area contributed by atoms with Gasteiger partial charge >= 0.3 is 6.18 Å². The molecule has 0 radical (unpaired) electrons. The number of carbonyl (C=O) groups is 2. The third-order valence-electron chi connectivity index (χ3n) is 4.47. The maximum atomic E-state index is 12.6. The molecule has 2 amide bonds. The van der Waals surface area contributed by atoms with Crippen molar-refractivity contribution in [2.45, 2.75) is 19.5 Å². The van der Waals surface area contributed by atoms with Gasteiger partial charge in [-0.15, -0.1) is 0 Å². The number of carbonyl (C=O) groups excluding carboxylic acids is 2. The van der Waals surface area contributed by atoms with Gasteiger partial charge in [0.1, 0.15) is 5.92 Å². The van der Waals surface area contributed by atoms with E-state index in [0.29, 0.717) is 23.7 Å². The van der Waals surface area contributed by atoms with Crippen LogP contribution in [0.5, 0.6) is 0 Å². The fourth-order valence-electron chi connectivity index (χ4n) is 2.90. The average Bonchev–Trinajstić information content (AvgIpc) is 2.98. The van der Waals surface area contributed by atoms with Gasteiger partial charge in [0.05, 0.1) is 5.56 Å². The SMILES string of the molecule is Cc1ccc(N2CC[C@H](C(=O)Nc3ccc(C(F)(F)F)cc3)C2=O)cc1Cl. The predicted molar refractivity (Wildman–Crippen MR) is 96.7 cm³/mol. The Bertz CT molecular complexity index is 882. The highest BCUT2D eigenvalue weighted by molar-refractivity contribution is 6.31. The van der Waals surface area contributed by atoms with Crippen LogP contribution in [0.15, 0.2) is 42.5 Å². The van der Waals surface area contributed by atoms with Crippen LogP contribution in [0.25, 0.3) is 0 Å². The summed E-state index contributed by atoms with van der Waals surface area (Å²) < 4.78 is 37.8. The number of nitrogens with one attached hydrogen (secondary N) is 1. The van der Waals surface area contributed by atoms with Crippen molar-refractivity contribution >= 4 is 34.8 Å². The lowest BCUT2D eigenvalue weighted by Crippen LogP contribution is -2.33. The van der Waals surface area contributed by atoms with Crippen molar-refractivity contribution in [3.05, 3.63) is 58.6 Å². The number of alkyl halides is 3. The zero-order valence-corrected chi connectivity index (χ0v) is 15.1. The van der Waals surface area contributed by atoms with Gasteiger partial charge in [-0.25, -0.2) is 0 Å². The Labute approximate surface area is 158 Å². The first-order valence-corrected chi connectivity index (χ1v) is 8.60. The monoisotopic (exact) mass is 396 g/mol. The smallest absolute Gasteiger partial charge is 0.325 e. The zero-order valence-electron chi connectivity index (χ0n) is 14.3. The molecule has 0 saturated carbocycles. The minimum Gasteiger partial charge on any atom is -0.325 e. The molecule has 4 nitrogen and oxygen atoms in total. The van der Waals surface area contributed by atoms with Gasteiger partial charge in [0, 0.05) is 22.9 Å². The molecule has 0 unspecified atom stereocenters. The van der Waals surface area contributed by atoms with Crippen LogP contribution < -0.4 is 10.2 Å². The molecule has 1 atom stereocenters. The molecule has 0 spiro atoms. The number of hydrogen-bond acceptors (Lipinski definition) is 2. The summed E-state index contributed by atoms with van der Waals surface area (Å²) in [6, 6.07) is 9.31. The van der Waals surface area contributed by atoms with Gasteiger partial charge in [0.15, 0.2) is 0 Å². The largest absolute Gasteiger partial charge is 0.416 e. The summed E-state index contributed by atoms with van der Waals surface area (Å²) in [6.07, 6.45) is -4.13. The minimum atomic E-state index is -4.44. The molecule has 2 aromatic carbocycles. The quantitative estimate of drug-likeness (QED) is 0.767. The lowest BCUT2D eigenvalue weighted by molar-refractivity contribution is -0.137. The molecule has 3 rings (SSSR count). The molecule has 0 aliphatic carbocycles. The molecule has 1 aliphatic rings. The fourth-order valence-corrected chi connectivity index (χ4v) is 3.08. The molecule has 0 bridgehead atoms. The second-order valence-electron chi connectivity index (χ2n) is 6.33. The molecular weight excluding hydrogens is 381 g/mol. The summed E-state index contributed by atoms with van der Waals surface area (Å²) in [5.41, 5.74) is 0.890. The number of halogens is 4. The Morgan fingerprint density at radius 2 is 1.85 bits per heavy atom. The number of nitrogens with zero attached hydrogens (tertiary/aromatic N) is 1. The summed E-state index contributed by atoms with van der Waals surface area (Å²) in [4.78, 5) is 26.5. The Hall–Kier alpha value is -2.54. The first kappa shape index (κ1) is 19.2. The van der Waals surface area contributed by atoms with E-state index in [1.165, 1.54) is 4.90 Å². The van der Waals surface area contributed by atoms with Crippen molar-refractivity contribution < 1.29 is 22.8 Å². The molecule has 1 heterocycles. The number of anilines is 2. The van der Waals surface area contributed by atoms with Crippen molar-refractivity contribution in [1.82, 2.24) is 0 Å². The number of rotatable bonds is 3. The van der Waals surface area contributed by atoms with Crippen LogP contribution in [-0.2, 0) is 15.8 Å². The first-order valence-electron chi connectivity index (χ1n) is 8.22. The summed E-state index contributed by atoms with van der Waals surface area (Å²) in [5, 5.41) is 3.03. The minimum absolute atomic E-state index is 0.206. The third-order valence-corrected chi connectivity index (χ3v) is 4.88. The van der Waals surface area contributed by atoms with Gasteiger partial charge in [0.25, 0.3) is 0 Å². The van der Waals surface area contributed by atoms with Crippen molar-refractivity contribution in [2.24, 2.45) is 5.92 Å².